The second-order valence-corrected chi connectivity index (χ2v) is 8.82. The first-order valence-corrected chi connectivity index (χ1v) is 10.9. The predicted molar refractivity (Wildman–Crippen MR) is 109 cm³/mol. The highest BCUT2D eigenvalue weighted by Gasteiger charge is 2.34. The number of anilines is 2. The molecule has 0 spiro atoms. The standard InChI is InChI=1S/C20H23F3N2O4S/c1-13(2)29-18-10-8-16(9-11-18)24-19(26)14(3)25(30(4,27)28)17-7-5-6-15(12-17)20(21,22)23/h5-14H,1-4H3,(H,24,26)/t14-/m0/s1. The molecule has 0 aromatic heterocycles. The maximum absolute atomic E-state index is 13.0. The van der Waals surface area contributed by atoms with E-state index in [1.165, 1.54) is 13.0 Å². The summed E-state index contributed by atoms with van der Waals surface area (Å²) in [6.45, 7) is 5.03. The quantitative estimate of drug-likeness (QED) is 0.692. The number of nitrogens with one attached hydrogen (secondary N) is 1. The van der Waals surface area contributed by atoms with Gasteiger partial charge in [-0.3, -0.25) is 9.10 Å². The van der Waals surface area contributed by atoms with Gasteiger partial charge in [0.1, 0.15) is 11.8 Å². The van der Waals surface area contributed by atoms with Crippen LogP contribution in [-0.2, 0) is 21.0 Å². The predicted octanol–water partition coefficient (Wildman–Crippen LogP) is 4.29. The van der Waals surface area contributed by atoms with Crippen LogP contribution in [0.25, 0.3) is 0 Å². The Morgan fingerprint density at radius 1 is 1.07 bits per heavy atom. The third kappa shape index (κ3) is 6.12. The highest BCUT2D eigenvalue weighted by atomic mass is 32.2. The molecule has 0 fully saturated rings. The number of amides is 1. The molecule has 1 atom stereocenters. The van der Waals surface area contributed by atoms with E-state index in [0.717, 1.165) is 18.4 Å². The molecular formula is C20H23F3N2O4S. The molecule has 0 radical (unpaired) electrons. The van der Waals surface area contributed by atoms with Crippen molar-refractivity contribution < 1.29 is 31.1 Å². The summed E-state index contributed by atoms with van der Waals surface area (Å²) in [7, 11) is -4.05. The van der Waals surface area contributed by atoms with Crippen LogP contribution < -0.4 is 14.4 Å². The first-order valence-electron chi connectivity index (χ1n) is 9.03. The molecule has 30 heavy (non-hydrogen) atoms. The van der Waals surface area contributed by atoms with Crippen molar-refractivity contribution in [3.63, 3.8) is 0 Å². The molecule has 0 bridgehead atoms. The van der Waals surface area contributed by atoms with E-state index in [0.29, 0.717) is 21.8 Å². The molecule has 0 saturated heterocycles. The van der Waals surface area contributed by atoms with Crippen molar-refractivity contribution >= 4 is 27.3 Å². The van der Waals surface area contributed by atoms with Gasteiger partial charge in [-0.25, -0.2) is 8.42 Å². The summed E-state index contributed by atoms with van der Waals surface area (Å²) in [6.07, 6.45) is -3.85. The zero-order valence-corrected chi connectivity index (χ0v) is 17.7. The van der Waals surface area contributed by atoms with Gasteiger partial charge in [-0.1, -0.05) is 6.07 Å². The first-order chi connectivity index (χ1) is 13.8. The fraction of sp³-hybridized carbons (Fsp3) is 0.350. The summed E-state index contributed by atoms with van der Waals surface area (Å²) < 4.78 is 69.8. The Bertz CT molecular complexity index is 990. The van der Waals surface area contributed by atoms with E-state index in [2.05, 4.69) is 5.32 Å². The fourth-order valence-corrected chi connectivity index (χ4v) is 3.93. The number of rotatable bonds is 7. The SMILES string of the molecule is CC(C)Oc1ccc(NC(=O)[C@H](C)N(c2cccc(C(F)(F)F)c2)S(C)(=O)=O)cc1. The average Bonchev–Trinajstić information content (AvgIpc) is 2.61. The van der Waals surface area contributed by atoms with E-state index < -0.39 is 33.7 Å². The van der Waals surface area contributed by atoms with Crippen molar-refractivity contribution in [2.24, 2.45) is 0 Å². The van der Waals surface area contributed by atoms with Gasteiger partial charge in [0.15, 0.2) is 0 Å². The van der Waals surface area contributed by atoms with Crippen molar-refractivity contribution in [2.45, 2.75) is 39.1 Å². The maximum atomic E-state index is 13.0. The molecule has 0 aliphatic carbocycles. The number of hydrogen-bond acceptors (Lipinski definition) is 4. The second kappa shape index (κ2) is 8.95. The third-order valence-corrected chi connectivity index (χ3v) is 5.25. The Hall–Kier alpha value is -2.75. The summed E-state index contributed by atoms with van der Waals surface area (Å²) in [5.41, 5.74) is -0.877. The zero-order valence-electron chi connectivity index (χ0n) is 16.9. The van der Waals surface area contributed by atoms with E-state index in [9.17, 15) is 26.4 Å². The monoisotopic (exact) mass is 444 g/mol. The van der Waals surface area contributed by atoms with Crippen LogP contribution in [0.15, 0.2) is 48.5 Å². The Labute approximate surface area is 173 Å². The van der Waals surface area contributed by atoms with Gasteiger partial charge in [-0.05, 0) is 63.2 Å². The highest BCUT2D eigenvalue weighted by molar-refractivity contribution is 7.92. The molecule has 164 valence electrons. The normalized spacial score (nSPS) is 13.1. The summed E-state index contributed by atoms with van der Waals surface area (Å²) in [4.78, 5) is 12.6. The molecule has 1 amide bonds. The summed E-state index contributed by atoms with van der Waals surface area (Å²) in [5, 5.41) is 2.57. The lowest BCUT2D eigenvalue weighted by molar-refractivity contribution is -0.137. The van der Waals surface area contributed by atoms with Crippen LogP contribution in [0.1, 0.15) is 26.3 Å². The van der Waals surface area contributed by atoms with Crippen molar-refractivity contribution in [1.29, 1.82) is 0 Å². The van der Waals surface area contributed by atoms with Gasteiger partial charge in [0.05, 0.1) is 23.6 Å². The van der Waals surface area contributed by atoms with E-state index >= 15 is 0 Å². The molecule has 0 saturated carbocycles. The summed E-state index contributed by atoms with van der Waals surface area (Å²) in [6, 6.07) is 8.97. The minimum absolute atomic E-state index is 0.0266. The molecule has 2 aromatic carbocycles. The second-order valence-electron chi connectivity index (χ2n) is 6.96. The van der Waals surface area contributed by atoms with Crippen LogP contribution in [-0.4, -0.2) is 32.7 Å². The smallest absolute Gasteiger partial charge is 0.416 e. The van der Waals surface area contributed by atoms with Crippen LogP contribution in [0.5, 0.6) is 5.75 Å². The third-order valence-electron chi connectivity index (χ3n) is 4.01. The molecule has 0 heterocycles. The van der Waals surface area contributed by atoms with Gasteiger partial charge in [-0.15, -0.1) is 0 Å². The van der Waals surface area contributed by atoms with E-state index in [4.69, 9.17) is 4.74 Å². The van der Waals surface area contributed by atoms with Crippen LogP contribution in [0, 0.1) is 0 Å². The Morgan fingerprint density at radius 3 is 2.17 bits per heavy atom. The molecule has 0 unspecified atom stereocenters. The molecular weight excluding hydrogens is 421 g/mol. The largest absolute Gasteiger partial charge is 0.491 e. The number of benzene rings is 2. The number of nitrogens with zero attached hydrogens (tertiary/aromatic N) is 1. The molecule has 2 aromatic rings. The number of ether oxygens (including phenoxy) is 1. The van der Waals surface area contributed by atoms with Gasteiger partial charge in [0.2, 0.25) is 15.9 Å². The number of alkyl halides is 3. The zero-order chi connectivity index (χ0) is 22.7. The van der Waals surface area contributed by atoms with Gasteiger partial charge < -0.3 is 10.1 Å². The number of halogens is 3. The lowest BCUT2D eigenvalue weighted by Gasteiger charge is -2.28. The Balaban J connectivity index is 2.27. The number of carbonyl (C=O) groups is 1. The van der Waals surface area contributed by atoms with Crippen molar-refractivity contribution in [3.8, 4) is 5.75 Å². The molecule has 10 heteroatoms. The number of sulfonamides is 1. The maximum Gasteiger partial charge on any atom is 0.416 e. The van der Waals surface area contributed by atoms with E-state index in [-0.39, 0.29) is 11.8 Å². The minimum atomic E-state index is -4.65. The molecule has 1 N–H and O–H groups in total. The van der Waals surface area contributed by atoms with Crippen LogP contribution >= 0.6 is 0 Å². The van der Waals surface area contributed by atoms with Crippen LogP contribution in [0.4, 0.5) is 24.5 Å². The van der Waals surface area contributed by atoms with Crippen LogP contribution in [0.2, 0.25) is 0 Å². The Morgan fingerprint density at radius 2 is 1.67 bits per heavy atom. The lowest BCUT2D eigenvalue weighted by atomic mass is 10.1. The van der Waals surface area contributed by atoms with Crippen molar-refractivity contribution in [3.05, 3.63) is 54.1 Å². The van der Waals surface area contributed by atoms with Gasteiger partial charge >= 0.3 is 6.18 Å². The molecule has 0 aliphatic heterocycles. The van der Waals surface area contributed by atoms with Crippen LogP contribution in [0.3, 0.4) is 0 Å². The summed E-state index contributed by atoms with van der Waals surface area (Å²) >= 11 is 0. The fourth-order valence-electron chi connectivity index (χ4n) is 2.76. The van der Waals surface area contributed by atoms with Gasteiger partial charge in [0.25, 0.3) is 0 Å². The van der Waals surface area contributed by atoms with Gasteiger partial charge in [-0.2, -0.15) is 13.2 Å². The Kier molecular flexibility index (Phi) is 7.02. The summed E-state index contributed by atoms with van der Waals surface area (Å²) in [5.74, 6) is -0.104. The molecule has 6 nitrogen and oxygen atoms in total. The van der Waals surface area contributed by atoms with E-state index in [1.54, 1.807) is 24.3 Å². The van der Waals surface area contributed by atoms with E-state index in [1.807, 2.05) is 13.8 Å². The minimum Gasteiger partial charge on any atom is -0.491 e. The van der Waals surface area contributed by atoms with Crippen molar-refractivity contribution in [1.82, 2.24) is 0 Å². The number of carbonyl (C=O) groups excluding carboxylic acids is 1. The first kappa shape index (κ1) is 23.5. The van der Waals surface area contributed by atoms with Gasteiger partial charge in [0, 0.05) is 5.69 Å². The van der Waals surface area contributed by atoms with Crippen molar-refractivity contribution in [2.75, 3.05) is 15.9 Å². The molecule has 0 aliphatic rings. The average molecular weight is 444 g/mol. The number of hydrogen-bond donors (Lipinski definition) is 1. The lowest BCUT2D eigenvalue weighted by Crippen LogP contribution is -2.45. The topological polar surface area (TPSA) is 75.7 Å². The highest BCUT2D eigenvalue weighted by Crippen LogP contribution is 2.33. The molecule has 2 rings (SSSR count).